The maximum absolute atomic E-state index is 12.3. The minimum Gasteiger partial charge on any atom is -0.351 e. The van der Waals surface area contributed by atoms with Crippen LogP contribution in [0.2, 0.25) is 0 Å². The first-order chi connectivity index (χ1) is 10.5. The van der Waals surface area contributed by atoms with Crippen LogP contribution >= 0.6 is 0 Å². The second-order valence-corrected chi connectivity index (χ2v) is 9.20. The summed E-state index contributed by atoms with van der Waals surface area (Å²) in [5.74, 6) is -0.261. The fourth-order valence-corrected chi connectivity index (χ4v) is 3.40. The van der Waals surface area contributed by atoms with Crippen molar-refractivity contribution in [2.24, 2.45) is 5.41 Å². The molecule has 23 heavy (non-hydrogen) atoms. The van der Waals surface area contributed by atoms with E-state index in [9.17, 15) is 13.2 Å². The molecule has 0 aliphatic carbocycles. The number of carbonyl (C=O) groups is 1. The zero-order chi connectivity index (χ0) is 17.8. The van der Waals surface area contributed by atoms with Crippen molar-refractivity contribution >= 4 is 15.9 Å². The highest BCUT2D eigenvalue weighted by Gasteiger charge is 2.23. The molecule has 0 aromatic heterocycles. The van der Waals surface area contributed by atoms with Gasteiger partial charge in [0.2, 0.25) is 10.0 Å². The third-order valence-corrected chi connectivity index (χ3v) is 5.25. The molecule has 0 unspecified atom stereocenters. The van der Waals surface area contributed by atoms with Gasteiger partial charge in [-0.3, -0.25) is 4.79 Å². The molecule has 0 heterocycles. The molecule has 1 amide bonds. The SMILES string of the molecule is CN(C)S(=O)(=O)c1cccc(C(=O)NCC(C)(C)C[NH+](C)C)c1. The lowest BCUT2D eigenvalue weighted by Crippen LogP contribution is -3.07. The standard InChI is InChI=1S/C16H27N3O3S/c1-16(2,12-18(3)4)11-17-15(20)13-8-7-9-14(10-13)23(21,22)19(5)6/h7-10H,11-12H2,1-6H3,(H,17,20)/p+1. The van der Waals surface area contributed by atoms with Gasteiger partial charge in [0.25, 0.3) is 5.91 Å². The Bertz CT molecular complexity index is 652. The van der Waals surface area contributed by atoms with E-state index in [2.05, 4.69) is 33.3 Å². The lowest BCUT2D eigenvalue weighted by atomic mass is 9.93. The molecular formula is C16H28N3O3S+. The molecule has 0 aliphatic rings. The zero-order valence-corrected chi connectivity index (χ0v) is 15.6. The highest BCUT2D eigenvalue weighted by atomic mass is 32.2. The van der Waals surface area contributed by atoms with E-state index in [1.807, 2.05) is 0 Å². The smallest absolute Gasteiger partial charge is 0.251 e. The Hall–Kier alpha value is -1.44. The van der Waals surface area contributed by atoms with Gasteiger partial charge in [0.15, 0.2) is 0 Å². The number of sulfonamides is 1. The minimum atomic E-state index is -3.54. The van der Waals surface area contributed by atoms with Crippen molar-refractivity contribution in [1.82, 2.24) is 9.62 Å². The number of nitrogens with one attached hydrogen (secondary N) is 2. The normalized spacial score (nSPS) is 12.7. The molecule has 1 rings (SSSR count). The van der Waals surface area contributed by atoms with E-state index in [-0.39, 0.29) is 16.2 Å². The molecule has 6 nitrogen and oxygen atoms in total. The lowest BCUT2D eigenvalue weighted by Gasteiger charge is -2.26. The maximum atomic E-state index is 12.3. The summed E-state index contributed by atoms with van der Waals surface area (Å²) < 4.78 is 25.4. The van der Waals surface area contributed by atoms with Crippen molar-refractivity contribution in [3.8, 4) is 0 Å². The van der Waals surface area contributed by atoms with E-state index in [0.717, 1.165) is 10.8 Å². The van der Waals surface area contributed by atoms with E-state index >= 15 is 0 Å². The molecule has 2 N–H and O–H groups in total. The molecule has 0 saturated carbocycles. The monoisotopic (exact) mass is 342 g/mol. The number of hydrogen-bond acceptors (Lipinski definition) is 3. The summed E-state index contributed by atoms with van der Waals surface area (Å²) in [4.78, 5) is 13.7. The second-order valence-electron chi connectivity index (χ2n) is 7.05. The molecule has 0 saturated heterocycles. The van der Waals surface area contributed by atoms with Gasteiger partial charge >= 0.3 is 0 Å². The number of carbonyl (C=O) groups excluding carboxylic acids is 1. The first-order valence-corrected chi connectivity index (χ1v) is 8.99. The first kappa shape index (κ1) is 19.6. The van der Waals surface area contributed by atoms with Crippen molar-refractivity contribution in [3.05, 3.63) is 29.8 Å². The van der Waals surface area contributed by atoms with Gasteiger partial charge in [-0.1, -0.05) is 19.9 Å². The third-order valence-electron chi connectivity index (χ3n) is 3.43. The van der Waals surface area contributed by atoms with Gasteiger partial charge in [0.05, 0.1) is 25.5 Å². The van der Waals surface area contributed by atoms with Crippen LogP contribution in [0.1, 0.15) is 24.2 Å². The van der Waals surface area contributed by atoms with E-state index in [4.69, 9.17) is 0 Å². The number of nitrogens with zero attached hydrogens (tertiary/aromatic N) is 1. The predicted molar refractivity (Wildman–Crippen MR) is 91.1 cm³/mol. The Balaban J connectivity index is 2.86. The maximum Gasteiger partial charge on any atom is 0.251 e. The molecular weight excluding hydrogens is 314 g/mol. The summed E-state index contributed by atoms with van der Waals surface area (Å²) >= 11 is 0. The molecule has 130 valence electrons. The molecule has 0 aliphatic heterocycles. The fraction of sp³-hybridized carbons (Fsp3) is 0.562. The van der Waals surface area contributed by atoms with Crippen LogP contribution in [-0.4, -0.2) is 59.9 Å². The van der Waals surface area contributed by atoms with Crippen LogP contribution < -0.4 is 10.2 Å². The predicted octanol–water partition coefficient (Wildman–Crippen LogP) is -0.163. The van der Waals surface area contributed by atoms with Crippen LogP contribution in [0.25, 0.3) is 0 Å². The number of rotatable bonds is 7. The van der Waals surface area contributed by atoms with Crippen LogP contribution in [0.3, 0.4) is 0 Å². The van der Waals surface area contributed by atoms with Gasteiger partial charge in [-0.2, -0.15) is 0 Å². The molecule has 0 fully saturated rings. The van der Waals surface area contributed by atoms with Crippen LogP contribution in [0.4, 0.5) is 0 Å². The number of benzene rings is 1. The summed E-state index contributed by atoms with van der Waals surface area (Å²) in [5.41, 5.74) is 0.308. The number of hydrogen-bond donors (Lipinski definition) is 2. The van der Waals surface area contributed by atoms with Crippen LogP contribution in [0, 0.1) is 5.41 Å². The summed E-state index contributed by atoms with van der Waals surface area (Å²) in [5, 5.41) is 2.89. The summed E-state index contributed by atoms with van der Waals surface area (Å²) in [6, 6.07) is 6.11. The molecule has 0 atom stereocenters. The van der Waals surface area contributed by atoms with Crippen molar-refractivity contribution in [2.45, 2.75) is 18.7 Å². The molecule has 1 aromatic rings. The lowest BCUT2D eigenvalue weighted by molar-refractivity contribution is -0.865. The quantitative estimate of drug-likeness (QED) is 0.723. The highest BCUT2D eigenvalue weighted by molar-refractivity contribution is 7.89. The Kier molecular flexibility index (Phi) is 6.33. The number of quaternary nitrogens is 1. The van der Waals surface area contributed by atoms with E-state index in [1.165, 1.54) is 31.1 Å². The Morgan fingerprint density at radius 1 is 1.26 bits per heavy atom. The van der Waals surface area contributed by atoms with Crippen LogP contribution in [-0.2, 0) is 10.0 Å². The third kappa shape index (κ3) is 5.60. The van der Waals surface area contributed by atoms with E-state index in [0.29, 0.717) is 12.1 Å². The average molecular weight is 342 g/mol. The van der Waals surface area contributed by atoms with Gasteiger partial charge in [-0.25, -0.2) is 12.7 Å². The topological polar surface area (TPSA) is 70.9 Å². The first-order valence-electron chi connectivity index (χ1n) is 7.55. The molecule has 0 spiro atoms. The Morgan fingerprint density at radius 2 is 1.87 bits per heavy atom. The zero-order valence-electron chi connectivity index (χ0n) is 14.8. The Labute approximate surface area is 139 Å². The molecule has 7 heteroatoms. The summed E-state index contributed by atoms with van der Waals surface area (Å²) in [7, 11) is 3.53. The van der Waals surface area contributed by atoms with E-state index < -0.39 is 10.0 Å². The Morgan fingerprint density at radius 3 is 2.39 bits per heavy atom. The fourth-order valence-electron chi connectivity index (χ4n) is 2.45. The molecule has 0 radical (unpaired) electrons. The van der Waals surface area contributed by atoms with Crippen molar-refractivity contribution in [3.63, 3.8) is 0 Å². The minimum absolute atomic E-state index is 0.0399. The van der Waals surface area contributed by atoms with Crippen molar-refractivity contribution in [1.29, 1.82) is 0 Å². The van der Waals surface area contributed by atoms with Gasteiger partial charge < -0.3 is 10.2 Å². The summed E-state index contributed by atoms with van der Waals surface area (Å²) in [6.45, 7) is 5.63. The van der Waals surface area contributed by atoms with Crippen molar-refractivity contribution < 1.29 is 18.1 Å². The largest absolute Gasteiger partial charge is 0.351 e. The van der Waals surface area contributed by atoms with Crippen molar-refractivity contribution in [2.75, 3.05) is 41.3 Å². The molecule has 0 bridgehead atoms. The highest BCUT2D eigenvalue weighted by Crippen LogP contribution is 2.15. The van der Waals surface area contributed by atoms with Crippen LogP contribution in [0.15, 0.2) is 29.2 Å². The average Bonchev–Trinajstić information content (AvgIpc) is 2.43. The van der Waals surface area contributed by atoms with E-state index in [1.54, 1.807) is 12.1 Å². The molecule has 1 aromatic carbocycles. The summed E-state index contributed by atoms with van der Waals surface area (Å²) in [6.07, 6.45) is 0. The van der Waals surface area contributed by atoms with Crippen LogP contribution in [0.5, 0.6) is 0 Å². The number of amides is 1. The van der Waals surface area contributed by atoms with Gasteiger partial charge in [-0.05, 0) is 18.2 Å². The second kappa shape index (κ2) is 7.42. The van der Waals surface area contributed by atoms with Gasteiger partial charge in [-0.15, -0.1) is 0 Å². The van der Waals surface area contributed by atoms with Gasteiger partial charge in [0.1, 0.15) is 0 Å². The van der Waals surface area contributed by atoms with Gasteiger partial charge in [0, 0.05) is 31.6 Å².